The van der Waals surface area contributed by atoms with Crippen LogP contribution in [0.3, 0.4) is 0 Å². The molecule has 2 N–H and O–H groups in total. The third kappa shape index (κ3) is 5.57. The molecule has 0 saturated heterocycles. The Morgan fingerprint density at radius 2 is 1.09 bits per heavy atom. The number of carbonyl (C=O) groups is 2. The van der Waals surface area contributed by atoms with E-state index in [0.717, 1.165) is 0 Å². The van der Waals surface area contributed by atoms with Gasteiger partial charge in [0.2, 0.25) is 0 Å². The molecule has 0 aliphatic heterocycles. The van der Waals surface area contributed by atoms with Gasteiger partial charge < -0.3 is 10.6 Å². The quantitative estimate of drug-likeness (QED) is 0.602. The molecule has 0 bridgehead atoms. The zero-order valence-electron chi connectivity index (χ0n) is 11.2. The maximum Gasteiger partial charge on any atom is 0.471 e. The SMILES string of the molecule is O=C(NC1CC/C=C\CCC1NC(=O)C(F)(F)F)C(F)(F)F. The first-order chi connectivity index (χ1) is 10.0. The van der Waals surface area contributed by atoms with Crippen molar-refractivity contribution in [1.82, 2.24) is 10.6 Å². The van der Waals surface area contributed by atoms with Crippen molar-refractivity contribution >= 4 is 11.8 Å². The zero-order valence-corrected chi connectivity index (χ0v) is 11.2. The van der Waals surface area contributed by atoms with Crippen LogP contribution in [0.15, 0.2) is 12.2 Å². The summed E-state index contributed by atoms with van der Waals surface area (Å²) in [6, 6.07) is -2.46. The van der Waals surface area contributed by atoms with Crippen LogP contribution in [-0.2, 0) is 9.59 Å². The van der Waals surface area contributed by atoms with E-state index >= 15 is 0 Å². The Bertz CT molecular complexity index is 404. The van der Waals surface area contributed by atoms with Crippen LogP contribution in [-0.4, -0.2) is 36.3 Å². The average molecular weight is 332 g/mol. The molecule has 1 aliphatic rings. The Hall–Kier alpha value is -1.74. The molecule has 0 radical (unpaired) electrons. The number of nitrogens with one attached hydrogen (secondary N) is 2. The molecule has 0 spiro atoms. The summed E-state index contributed by atoms with van der Waals surface area (Å²) in [5, 5.41) is 3.31. The lowest BCUT2D eigenvalue weighted by Gasteiger charge is -2.30. The van der Waals surface area contributed by atoms with Gasteiger partial charge in [0.25, 0.3) is 0 Å². The Morgan fingerprint density at radius 1 is 0.773 bits per heavy atom. The fourth-order valence-electron chi connectivity index (χ4n) is 2.04. The molecule has 0 fully saturated rings. The van der Waals surface area contributed by atoms with Gasteiger partial charge >= 0.3 is 24.2 Å². The van der Waals surface area contributed by atoms with Crippen LogP contribution in [0.1, 0.15) is 25.7 Å². The van der Waals surface area contributed by atoms with E-state index < -0.39 is 36.3 Å². The maximum atomic E-state index is 12.3. The van der Waals surface area contributed by atoms with Crippen molar-refractivity contribution < 1.29 is 35.9 Å². The number of amides is 2. The highest BCUT2D eigenvalue weighted by molar-refractivity contribution is 5.83. The van der Waals surface area contributed by atoms with Crippen LogP contribution in [0.4, 0.5) is 26.3 Å². The third-order valence-corrected chi connectivity index (χ3v) is 3.09. The predicted molar refractivity (Wildman–Crippen MR) is 63.6 cm³/mol. The maximum absolute atomic E-state index is 12.3. The van der Waals surface area contributed by atoms with Gasteiger partial charge in [-0.25, -0.2) is 0 Å². The second-order valence-corrected chi connectivity index (χ2v) is 4.78. The standard InChI is InChI=1S/C12H14F6N2O2/c13-11(14,15)9(21)19-7-5-3-1-2-4-6-8(7)20-10(22)12(16,17)18/h1-2,7-8H,3-6H2,(H,19,21)(H,20,22)/b2-1-. The van der Waals surface area contributed by atoms with E-state index in [1.807, 2.05) is 0 Å². The number of rotatable bonds is 2. The molecule has 0 aromatic heterocycles. The first kappa shape index (κ1) is 18.3. The Morgan fingerprint density at radius 3 is 1.36 bits per heavy atom. The summed E-state index contributed by atoms with van der Waals surface area (Å²) in [6.45, 7) is 0. The molecule has 1 rings (SSSR count). The number of hydrogen-bond donors (Lipinski definition) is 2. The van der Waals surface area contributed by atoms with Crippen LogP contribution < -0.4 is 10.6 Å². The van der Waals surface area contributed by atoms with Crippen LogP contribution in [0.2, 0.25) is 0 Å². The van der Waals surface area contributed by atoms with Gasteiger partial charge in [-0.1, -0.05) is 12.2 Å². The van der Waals surface area contributed by atoms with Crippen molar-refractivity contribution in [1.29, 1.82) is 0 Å². The van der Waals surface area contributed by atoms with Crippen molar-refractivity contribution in [2.75, 3.05) is 0 Å². The minimum atomic E-state index is -5.14. The molecule has 0 aromatic carbocycles. The topological polar surface area (TPSA) is 58.2 Å². The average Bonchev–Trinajstić information content (AvgIpc) is 2.34. The van der Waals surface area contributed by atoms with Crippen molar-refractivity contribution in [3.8, 4) is 0 Å². The number of alkyl halides is 6. The lowest BCUT2D eigenvalue weighted by atomic mass is 9.95. The molecular weight excluding hydrogens is 318 g/mol. The molecule has 22 heavy (non-hydrogen) atoms. The van der Waals surface area contributed by atoms with E-state index in [9.17, 15) is 35.9 Å². The highest BCUT2D eigenvalue weighted by Gasteiger charge is 2.43. The first-order valence-electron chi connectivity index (χ1n) is 6.42. The van der Waals surface area contributed by atoms with E-state index in [2.05, 4.69) is 0 Å². The Kier molecular flexibility index (Phi) is 5.84. The fourth-order valence-corrected chi connectivity index (χ4v) is 2.04. The summed E-state index contributed by atoms with van der Waals surface area (Å²) in [5.41, 5.74) is 0. The summed E-state index contributed by atoms with van der Waals surface area (Å²) in [6.07, 6.45) is -6.43. The van der Waals surface area contributed by atoms with Crippen molar-refractivity contribution in [2.24, 2.45) is 0 Å². The summed E-state index contributed by atoms with van der Waals surface area (Å²) in [5.74, 6) is -4.48. The lowest BCUT2D eigenvalue weighted by Crippen LogP contribution is -2.56. The number of carbonyl (C=O) groups excluding carboxylic acids is 2. The van der Waals surface area contributed by atoms with Crippen LogP contribution in [0.25, 0.3) is 0 Å². The summed E-state index contributed by atoms with van der Waals surface area (Å²) in [4.78, 5) is 21.9. The second-order valence-electron chi connectivity index (χ2n) is 4.78. The fraction of sp³-hybridized carbons (Fsp3) is 0.667. The van der Waals surface area contributed by atoms with Crippen LogP contribution in [0.5, 0.6) is 0 Å². The Labute approximate surface area is 121 Å². The minimum Gasteiger partial charge on any atom is -0.343 e. The number of allylic oxidation sites excluding steroid dienone is 2. The largest absolute Gasteiger partial charge is 0.471 e. The van der Waals surface area contributed by atoms with E-state index in [1.54, 1.807) is 22.8 Å². The van der Waals surface area contributed by atoms with Crippen molar-refractivity contribution in [2.45, 2.75) is 50.1 Å². The smallest absolute Gasteiger partial charge is 0.343 e. The molecular formula is C12H14F6N2O2. The highest BCUT2D eigenvalue weighted by Crippen LogP contribution is 2.20. The van der Waals surface area contributed by atoms with Gasteiger partial charge in [-0.15, -0.1) is 0 Å². The predicted octanol–water partition coefficient (Wildman–Crippen LogP) is 2.21. The van der Waals surface area contributed by atoms with Gasteiger partial charge in [-0.2, -0.15) is 26.3 Å². The van der Waals surface area contributed by atoms with Crippen LogP contribution >= 0.6 is 0 Å². The summed E-state index contributed by atoms with van der Waals surface area (Å²) in [7, 11) is 0. The normalized spacial score (nSPS) is 24.8. The molecule has 2 amide bonds. The molecule has 1 aliphatic carbocycles. The van der Waals surface area contributed by atoms with Gasteiger partial charge in [-0.3, -0.25) is 9.59 Å². The van der Waals surface area contributed by atoms with Crippen LogP contribution in [0, 0.1) is 0 Å². The monoisotopic (exact) mass is 332 g/mol. The van der Waals surface area contributed by atoms with E-state index in [1.165, 1.54) is 0 Å². The van der Waals surface area contributed by atoms with Gasteiger partial charge in [0.1, 0.15) is 0 Å². The van der Waals surface area contributed by atoms with E-state index in [4.69, 9.17) is 0 Å². The molecule has 2 unspecified atom stereocenters. The zero-order chi connectivity index (χ0) is 17.0. The molecule has 10 heteroatoms. The molecule has 126 valence electrons. The van der Waals surface area contributed by atoms with E-state index in [-0.39, 0.29) is 25.7 Å². The summed E-state index contributed by atoms with van der Waals surface area (Å²) < 4.78 is 73.6. The van der Waals surface area contributed by atoms with Gasteiger partial charge in [0, 0.05) is 12.1 Å². The third-order valence-electron chi connectivity index (χ3n) is 3.09. The van der Waals surface area contributed by atoms with Gasteiger partial charge in [0.15, 0.2) is 0 Å². The summed E-state index contributed by atoms with van der Waals surface area (Å²) >= 11 is 0. The second kappa shape index (κ2) is 7.01. The molecule has 2 atom stereocenters. The van der Waals surface area contributed by atoms with Crippen molar-refractivity contribution in [3.63, 3.8) is 0 Å². The lowest BCUT2D eigenvalue weighted by molar-refractivity contribution is -0.176. The molecule has 0 aromatic rings. The van der Waals surface area contributed by atoms with E-state index in [0.29, 0.717) is 0 Å². The number of hydrogen-bond acceptors (Lipinski definition) is 2. The molecule has 4 nitrogen and oxygen atoms in total. The van der Waals surface area contributed by atoms with Gasteiger partial charge in [0.05, 0.1) is 0 Å². The Balaban J connectivity index is 2.84. The molecule has 0 heterocycles. The van der Waals surface area contributed by atoms with Gasteiger partial charge in [-0.05, 0) is 25.7 Å². The minimum absolute atomic E-state index is 0.0128. The number of halogens is 6. The highest BCUT2D eigenvalue weighted by atomic mass is 19.4. The molecule has 0 saturated carbocycles. The van der Waals surface area contributed by atoms with Crippen molar-refractivity contribution in [3.05, 3.63) is 12.2 Å². The first-order valence-corrected chi connectivity index (χ1v) is 6.42.